The summed E-state index contributed by atoms with van der Waals surface area (Å²) in [6, 6.07) is 0. The first-order valence-corrected chi connectivity index (χ1v) is 9.56. The van der Waals surface area contributed by atoms with Crippen LogP contribution in [0.25, 0.3) is 0 Å². The van der Waals surface area contributed by atoms with E-state index >= 15 is 0 Å². The molecule has 0 amide bonds. The molecule has 1 aromatic rings. The molecular weight excluding hydrogens is 310 g/mol. The molecule has 1 aromatic heterocycles. The highest BCUT2D eigenvalue weighted by molar-refractivity contribution is 7.89. The Morgan fingerprint density at radius 1 is 1.10 bits per heavy atom. The molecule has 0 unspecified atom stereocenters. The normalized spacial score (nSPS) is 19.4. The summed E-state index contributed by atoms with van der Waals surface area (Å²) in [6.07, 6.45) is 4.57. The summed E-state index contributed by atoms with van der Waals surface area (Å²) >= 11 is 5.95. The van der Waals surface area contributed by atoms with Crippen molar-refractivity contribution in [3.63, 3.8) is 0 Å². The zero-order valence-electron chi connectivity index (χ0n) is 12.6. The molecule has 0 aromatic carbocycles. The third-order valence-corrected chi connectivity index (χ3v) is 6.67. The summed E-state index contributed by atoms with van der Waals surface area (Å²) in [5, 5.41) is 0. The summed E-state index contributed by atoms with van der Waals surface area (Å²) in [5.74, 6) is 2.30. The highest BCUT2D eigenvalue weighted by Gasteiger charge is 2.38. The lowest BCUT2D eigenvalue weighted by Gasteiger charge is -2.22. The van der Waals surface area contributed by atoms with Gasteiger partial charge in [0.2, 0.25) is 10.0 Å². The first-order chi connectivity index (χ1) is 9.93. The van der Waals surface area contributed by atoms with Gasteiger partial charge < -0.3 is 4.42 Å². The number of hydrogen-bond acceptors (Lipinski definition) is 3. The van der Waals surface area contributed by atoms with Gasteiger partial charge in [-0.15, -0.1) is 11.6 Å². The average molecular weight is 332 g/mol. The highest BCUT2D eigenvalue weighted by Crippen LogP contribution is 2.38. The van der Waals surface area contributed by atoms with Gasteiger partial charge in [-0.1, -0.05) is 0 Å². The first-order valence-electron chi connectivity index (χ1n) is 7.58. The molecule has 0 N–H and O–H groups in total. The van der Waals surface area contributed by atoms with Crippen molar-refractivity contribution in [2.45, 2.75) is 50.3 Å². The maximum atomic E-state index is 13.1. The predicted molar refractivity (Wildman–Crippen MR) is 81.9 cm³/mol. The van der Waals surface area contributed by atoms with Crippen LogP contribution in [0.1, 0.15) is 42.8 Å². The van der Waals surface area contributed by atoms with E-state index in [1.807, 2.05) is 0 Å². The van der Waals surface area contributed by atoms with Crippen molar-refractivity contribution in [1.29, 1.82) is 0 Å². The summed E-state index contributed by atoms with van der Waals surface area (Å²) in [6.45, 7) is 4.77. The first kappa shape index (κ1) is 15.4. The number of alkyl halides is 1. The molecule has 2 fully saturated rings. The third kappa shape index (κ3) is 3.15. The zero-order valence-corrected chi connectivity index (χ0v) is 14.1. The summed E-state index contributed by atoms with van der Waals surface area (Å²) in [5.41, 5.74) is 0.616. The van der Waals surface area contributed by atoms with Crippen molar-refractivity contribution in [2.75, 3.05) is 13.1 Å². The molecular formula is C15H22ClNO3S. The number of aryl methyl sites for hydroxylation is 2. The second-order valence-electron chi connectivity index (χ2n) is 6.36. The molecule has 4 nitrogen and oxygen atoms in total. The Bertz CT molecular complexity index is 616. The van der Waals surface area contributed by atoms with Crippen LogP contribution in [0.2, 0.25) is 0 Å². The highest BCUT2D eigenvalue weighted by atomic mass is 35.5. The van der Waals surface area contributed by atoms with Crippen LogP contribution in [-0.4, -0.2) is 25.8 Å². The molecule has 0 saturated heterocycles. The van der Waals surface area contributed by atoms with Crippen LogP contribution in [0.3, 0.4) is 0 Å². The topological polar surface area (TPSA) is 50.5 Å². The van der Waals surface area contributed by atoms with E-state index in [1.165, 1.54) is 0 Å². The third-order valence-electron chi connectivity index (χ3n) is 4.37. The van der Waals surface area contributed by atoms with Crippen LogP contribution in [0.4, 0.5) is 0 Å². The molecule has 0 spiro atoms. The average Bonchev–Trinajstić information content (AvgIpc) is 3.30. The second kappa shape index (κ2) is 5.60. The number of halogens is 1. The van der Waals surface area contributed by atoms with E-state index in [4.69, 9.17) is 16.0 Å². The maximum absolute atomic E-state index is 13.1. The van der Waals surface area contributed by atoms with Gasteiger partial charge in [-0.2, -0.15) is 4.31 Å². The monoisotopic (exact) mass is 331 g/mol. The van der Waals surface area contributed by atoms with Gasteiger partial charge in [0, 0.05) is 18.7 Å². The fraction of sp³-hybridized carbons (Fsp3) is 0.733. The van der Waals surface area contributed by atoms with Gasteiger partial charge >= 0.3 is 0 Å². The van der Waals surface area contributed by atoms with Gasteiger partial charge in [-0.25, -0.2) is 8.42 Å². The molecule has 1 heterocycles. The van der Waals surface area contributed by atoms with E-state index in [1.54, 1.807) is 18.2 Å². The Labute approximate surface area is 131 Å². The van der Waals surface area contributed by atoms with Gasteiger partial charge in [-0.3, -0.25) is 0 Å². The van der Waals surface area contributed by atoms with Gasteiger partial charge in [-0.05, 0) is 51.4 Å². The molecule has 6 heteroatoms. The molecule has 0 radical (unpaired) electrons. The van der Waals surface area contributed by atoms with Crippen LogP contribution in [-0.2, 0) is 15.9 Å². The molecule has 118 valence electrons. The van der Waals surface area contributed by atoms with Crippen LogP contribution in [0.15, 0.2) is 9.31 Å². The van der Waals surface area contributed by atoms with Crippen LogP contribution in [0, 0.1) is 25.7 Å². The summed E-state index contributed by atoms with van der Waals surface area (Å²) in [4.78, 5) is 0.302. The Morgan fingerprint density at radius 3 is 2.05 bits per heavy atom. The predicted octanol–water partition coefficient (Wildman–Crippen LogP) is 3.45. The van der Waals surface area contributed by atoms with Crippen molar-refractivity contribution in [3.8, 4) is 0 Å². The SMILES string of the molecule is Cc1oc(C)c(S(=O)(=O)N(CC2CC2)CC2CC2)c1CCl. The minimum absolute atomic E-state index is 0.165. The lowest BCUT2D eigenvalue weighted by atomic mass is 10.3. The smallest absolute Gasteiger partial charge is 0.246 e. The van der Waals surface area contributed by atoms with E-state index in [2.05, 4.69) is 0 Å². The molecule has 21 heavy (non-hydrogen) atoms. The van der Waals surface area contributed by atoms with Gasteiger partial charge in [0.1, 0.15) is 16.4 Å². The number of hydrogen-bond donors (Lipinski definition) is 0. The fourth-order valence-electron chi connectivity index (χ4n) is 2.78. The standard InChI is InChI=1S/C15H22ClNO3S/c1-10-14(7-16)15(11(2)20-10)21(18,19)17(8-12-3-4-12)9-13-5-6-13/h12-13H,3-9H2,1-2H3. The number of nitrogens with zero attached hydrogens (tertiary/aromatic N) is 1. The van der Waals surface area contributed by atoms with Crippen molar-refractivity contribution < 1.29 is 12.8 Å². The van der Waals surface area contributed by atoms with E-state index in [-0.39, 0.29) is 5.88 Å². The lowest BCUT2D eigenvalue weighted by molar-refractivity contribution is 0.380. The summed E-state index contributed by atoms with van der Waals surface area (Å²) < 4.78 is 33.4. The van der Waals surface area contributed by atoms with E-state index in [0.29, 0.717) is 46.9 Å². The quantitative estimate of drug-likeness (QED) is 0.719. The number of sulfonamides is 1. The van der Waals surface area contributed by atoms with Crippen molar-refractivity contribution >= 4 is 21.6 Å². The minimum atomic E-state index is -3.51. The largest absolute Gasteiger partial charge is 0.465 e. The minimum Gasteiger partial charge on any atom is -0.465 e. The van der Waals surface area contributed by atoms with Crippen molar-refractivity contribution in [2.24, 2.45) is 11.8 Å². The van der Waals surface area contributed by atoms with Crippen LogP contribution < -0.4 is 0 Å². The summed E-state index contributed by atoms with van der Waals surface area (Å²) in [7, 11) is -3.51. The lowest BCUT2D eigenvalue weighted by Crippen LogP contribution is -2.35. The van der Waals surface area contributed by atoms with Crippen LogP contribution in [0.5, 0.6) is 0 Å². The molecule has 2 aliphatic carbocycles. The number of furan rings is 1. The van der Waals surface area contributed by atoms with Gasteiger partial charge in [0.05, 0.1) is 5.88 Å². The zero-order chi connectivity index (χ0) is 15.2. The molecule has 3 rings (SSSR count). The second-order valence-corrected chi connectivity index (χ2v) is 8.51. The Hall–Kier alpha value is -0.520. The Morgan fingerprint density at radius 2 is 1.62 bits per heavy atom. The van der Waals surface area contributed by atoms with E-state index in [0.717, 1.165) is 25.7 Å². The molecule has 2 aliphatic rings. The molecule has 0 atom stereocenters. The van der Waals surface area contributed by atoms with E-state index < -0.39 is 10.0 Å². The maximum Gasteiger partial charge on any atom is 0.246 e. The van der Waals surface area contributed by atoms with Gasteiger partial charge in [0.15, 0.2) is 0 Å². The van der Waals surface area contributed by atoms with E-state index in [9.17, 15) is 8.42 Å². The molecule has 2 saturated carbocycles. The molecule has 0 bridgehead atoms. The Balaban J connectivity index is 1.95. The van der Waals surface area contributed by atoms with Crippen molar-refractivity contribution in [3.05, 3.63) is 17.1 Å². The Kier molecular flexibility index (Phi) is 4.10. The number of rotatable bonds is 7. The molecule has 0 aliphatic heterocycles. The van der Waals surface area contributed by atoms with Crippen molar-refractivity contribution in [1.82, 2.24) is 4.31 Å². The van der Waals surface area contributed by atoms with Crippen LogP contribution >= 0.6 is 11.6 Å². The van der Waals surface area contributed by atoms with Gasteiger partial charge in [0.25, 0.3) is 0 Å². The fourth-order valence-corrected chi connectivity index (χ4v) is 5.18.